The zero-order chi connectivity index (χ0) is 15.0. The molecule has 1 aromatic heterocycles. The number of amides is 1. The van der Waals surface area contributed by atoms with Gasteiger partial charge in [0.25, 0.3) is 5.91 Å². The highest BCUT2D eigenvalue weighted by molar-refractivity contribution is 6.05. The van der Waals surface area contributed by atoms with Crippen LogP contribution in [0.3, 0.4) is 0 Å². The largest absolute Gasteiger partial charge is 0.504 e. The summed E-state index contributed by atoms with van der Waals surface area (Å²) in [5.74, 6) is -2.32. The third kappa shape index (κ3) is 2.32. The van der Waals surface area contributed by atoms with Crippen LogP contribution in [0.25, 0.3) is 10.9 Å². The minimum Gasteiger partial charge on any atom is -0.504 e. The Morgan fingerprint density at radius 2 is 1.81 bits per heavy atom. The van der Waals surface area contributed by atoms with E-state index in [-0.39, 0.29) is 5.56 Å². The van der Waals surface area contributed by atoms with E-state index in [9.17, 15) is 20.1 Å². The number of aromatic amines is 1. The highest BCUT2D eigenvalue weighted by atomic mass is 16.3. The molecule has 5 N–H and O–H groups in total. The van der Waals surface area contributed by atoms with Gasteiger partial charge in [-0.2, -0.15) is 5.10 Å². The average Bonchev–Trinajstić information content (AvgIpc) is 2.91. The van der Waals surface area contributed by atoms with Crippen molar-refractivity contribution in [1.82, 2.24) is 10.2 Å². The molecule has 0 saturated heterocycles. The Morgan fingerprint density at radius 3 is 2.52 bits per heavy atom. The lowest BCUT2D eigenvalue weighted by molar-refractivity contribution is 0.102. The van der Waals surface area contributed by atoms with Crippen LogP contribution in [0.15, 0.2) is 36.5 Å². The molecule has 1 heterocycles. The summed E-state index contributed by atoms with van der Waals surface area (Å²) < 4.78 is 0. The van der Waals surface area contributed by atoms with Gasteiger partial charge in [-0.1, -0.05) is 0 Å². The molecule has 0 radical (unpaired) electrons. The Bertz CT molecular complexity index is 818. The number of phenolic OH excluding ortho intramolecular Hbond substituents is 3. The van der Waals surface area contributed by atoms with Crippen LogP contribution in [0.1, 0.15) is 10.4 Å². The van der Waals surface area contributed by atoms with Gasteiger partial charge in [-0.3, -0.25) is 9.89 Å². The Hall–Kier alpha value is -3.22. The number of nitrogens with one attached hydrogen (secondary N) is 2. The first-order chi connectivity index (χ1) is 10.0. The third-order valence-electron chi connectivity index (χ3n) is 3.03. The molecular formula is C14H11N3O4. The third-order valence-corrected chi connectivity index (χ3v) is 3.03. The minimum atomic E-state index is -0.662. The number of nitrogens with zero attached hydrogens (tertiary/aromatic N) is 1. The van der Waals surface area contributed by atoms with E-state index in [1.165, 1.54) is 0 Å². The summed E-state index contributed by atoms with van der Waals surface area (Å²) in [5, 5.41) is 38.3. The van der Waals surface area contributed by atoms with E-state index >= 15 is 0 Å². The number of H-pyrrole nitrogens is 1. The van der Waals surface area contributed by atoms with Crippen molar-refractivity contribution in [2.75, 3.05) is 5.32 Å². The first kappa shape index (κ1) is 12.8. The molecular weight excluding hydrogens is 274 g/mol. The van der Waals surface area contributed by atoms with E-state index < -0.39 is 23.2 Å². The summed E-state index contributed by atoms with van der Waals surface area (Å²) in [5.41, 5.74) is 1.32. The molecule has 0 spiro atoms. The maximum absolute atomic E-state index is 12.1. The minimum absolute atomic E-state index is 0.0208. The first-order valence-electron chi connectivity index (χ1n) is 6.04. The van der Waals surface area contributed by atoms with Crippen molar-refractivity contribution in [2.24, 2.45) is 0 Å². The molecule has 0 aliphatic rings. The van der Waals surface area contributed by atoms with Gasteiger partial charge in [-0.05, 0) is 30.3 Å². The Kier molecular flexibility index (Phi) is 2.87. The molecule has 0 aliphatic carbocycles. The van der Waals surface area contributed by atoms with Gasteiger partial charge in [0.05, 0.1) is 11.7 Å². The van der Waals surface area contributed by atoms with Gasteiger partial charge in [-0.25, -0.2) is 0 Å². The quantitative estimate of drug-likeness (QED) is 0.461. The summed E-state index contributed by atoms with van der Waals surface area (Å²) in [6, 6.07) is 7.34. The highest BCUT2D eigenvalue weighted by Crippen LogP contribution is 2.35. The molecule has 3 rings (SSSR count). The second-order valence-corrected chi connectivity index (χ2v) is 4.49. The number of aromatic hydroxyl groups is 3. The number of phenols is 3. The number of aromatic nitrogens is 2. The van der Waals surface area contributed by atoms with Gasteiger partial charge >= 0.3 is 0 Å². The Morgan fingerprint density at radius 1 is 1.10 bits per heavy atom. The number of rotatable bonds is 2. The number of hydrogen-bond donors (Lipinski definition) is 5. The molecule has 7 heteroatoms. The molecule has 0 unspecified atom stereocenters. The molecule has 0 atom stereocenters. The molecule has 106 valence electrons. The van der Waals surface area contributed by atoms with Crippen LogP contribution >= 0.6 is 0 Å². The van der Waals surface area contributed by atoms with Crippen molar-refractivity contribution >= 4 is 22.5 Å². The standard InChI is InChI=1S/C14H11N3O4/c18-11-3-8(4-12(19)13(11)20)14(21)16-9-2-1-7-6-15-17-10(7)5-9/h1-6,18-20H,(H,15,17)(H,16,21). The number of carbonyl (C=O) groups is 1. The van der Waals surface area contributed by atoms with Gasteiger partial charge in [0, 0.05) is 16.6 Å². The lowest BCUT2D eigenvalue weighted by atomic mass is 10.1. The van der Waals surface area contributed by atoms with Crippen molar-refractivity contribution in [3.63, 3.8) is 0 Å². The highest BCUT2D eigenvalue weighted by Gasteiger charge is 2.13. The second kappa shape index (κ2) is 4.71. The van der Waals surface area contributed by atoms with E-state index in [1.54, 1.807) is 24.4 Å². The van der Waals surface area contributed by atoms with Crippen LogP contribution in [-0.2, 0) is 0 Å². The smallest absolute Gasteiger partial charge is 0.255 e. The van der Waals surface area contributed by atoms with Gasteiger partial charge in [0.1, 0.15) is 0 Å². The summed E-state index contributed by atoms with van der Waals surface area (Å²) in [6.45, 7) is 0. The second-order valence-electron chi connectivity index (χ2n) is 4.49. The fourth-order valence-electron chi connectivity index (χ4n) is 1.95. The molecule has 7 nitrogen and oxygen atoms in total. The van der Waals surface area contributed by atoms with E-state index in [0.717, 1.165) is 23.0 Å². The summed E-state index contributed by atoms with van der Waals surface area (Å²) in [6.07, 6.45) is 1.66. The molecule has 0 bridgehead atoms. The van der Waals surface area contributed by atoms with Crippen LogP contribution in [-0.4, -0.2) is 31.4 Å². The normalized spacial score (nSPS) is 10.7. The van der Waals surface area contributed by atoms with Crippen molar-refractivity contribution in [3.05, 3.63) is 42.1 Å². The van der Waals surface area contributed by atoms with Crippen LogP contribution < -0.4 is 5.32 Å². The number of anilines is 1. The molecule has 0 fully saturated rings. The predicted octanol–water partition coefficient (Wildman–Crippen LogP) is 1.93. The Balaban J connectivity index is 1.88. The summed E-state index contributed by atoms with van der Waals surface area (Å²) in [4.78, 5) is 12.1. The monoisotopic (exact) mass is 285 g/mol. The van der Waals surface area contributed by atoms with Gasteiger partial charge in [0.15, 0.2) is 17.2 Å². The Labute approximate surface area is 118 Å². The molecule has 0 saturated carbocycles. The maximum atomic E-state index is 12.1. The fraction of sp³-hybridized carbons (Fsp3) is 0. The van der Waals surface area contributed by atoms with E-state index in [1.807, 2.05) is 0 Å². The zero-order valence-corrected chi connectivity index (χ0v) is 10.7. The van der Waals surface area contributed by atoms with Crippen LogP contribution in [0.2, 0.25) is 0 Å². The SMILES string of the molecule is O=C(Nc1ccc2cn[nH]c2c1)c1cc(O)c(O)c(O)c1. The number of fused-ring (bicyclic) bond motifs is 1. The number of carbonyl (C=O) groups excluding carboxylic acids is 1. The molecule has 21 heavy (non-hydrogen) atoms. The first-order valence-corrected chi connectivity index (χ1v) is 6.04. The van der Waals surface area contributed by atoms with Crippen LogP contribution in [0.4, 0.5) is 5.69 Å². The molecule has 0 aliphatic heterocycles. The topological polar surface area (TPSA) is 118 Å². The van der Waals surface area contributed by atoms with E-state index in [0.29, 0.717) is 5.69 Å². The summed E-state index contributed by atoms with van der Waals surface area (Å²) in [7, 11) is 0. The van der Waals surface area contributed by atoms with Crippen molar-refractivity contribution in [2.45, 2.75) is 0 Å². The van der Waals surface area contributed by atoms with Crippen molar-refractivity contribution < 1.29 is 20.1 Å². The van der Waals surface area contributed by atoms with Gasteiger partial charge in [-0.15, -0.1) is 0 Å². The zero-order valence-electron chi connectivity index (χ0n) is 10.7. The van der Waals surface area contributed by atoms with Gasteiger partial charge < -0.3 is 20.6 Å². The average molecular weight is 285 g/mol. The molecule has 3 aromatic rings. The summed E-state index contributed by atoms with van der Waals surface area (Å²) >= 11 is 0. The van der Waals surface area contributed by atoms with Crippen molar-refractivity contribution in [3.8, 4) is 17.2 Å². The van der Waals surface area contributed by atoms with Crippen LogP contribution in [0, 0.1) is 0 Å². The number of benzene rings is 2. The van der Waals surface area contributed by atoms with E-state index in [2.05, 4.69) is 15.5 Å². The van der Waals surface area contributed by atoms with E-state index in [4.69, 9.17) is 0 Å². The van der Waals surface area contributed by atoms with Gasteiger partial charge in [0.2, 0.25) is 0 Å². The fourth-order valence-corrected chi connectivity index (χ4v) is 1.95. The van der Waals surface area contributed by atoms with Crippen LogP contribution in [0.5, 0.6) is 17.2 Å². The lowest BCUT2D eigenvalue weighted by Gasteiger charge is -2.07. The maximum Gasteiger partial charge on any atom is 0.255 e. The molecule has 2 aromatic carbocycles. The lowest BCUT2D eigenvalue weighted by Crippen LogP contribution is -2.11. The molecule has 1 amide bonds. The number of hydrogen-bond acceptors (Lipinski definition) is 5. The van der Waals surface area contributed by atoms with Crippen molar-refractivity contribution in [1.29, 1.82) is 0 Å². The predicted molar refractivity (Wildman–Crippen MR) is 75.5 cm³/mol.